The van der Waals surface area contributed by atoms with Gasteiger partial charge in [0.05, 0.1) is 16.3 Å². The van der Waals surface area contributed by atoms with E-state index in [0.29, 0.717) is 10.2 Å². The van der Waals surface area contributed by atoms with Crippen molar-refractivity contribution in [2.24, 2.45) is 7.05 Å². The zero-order valence-corrected chi connectivity index (χ0v) is 13.3. The molecule has 1 heterocycles. The lowest BCUT2D eigenvalue weighted by Gasteiger charge is -2.08. The first-order chi connectivity index (χ1) is 8.73. The largest absolute Gasteiger partial charge is 0.285 e. The molecule has 0 saturated heterocycles. The van der Waals surface area contributed by atoms with Crippen molar-refractivity contribution in [3.05, 3.63) is 44.8 Å². The standard InChI is InChI=1S/C11H10BrClN2O3S/c1-7-10(12)11(16)15(14(7)2)8-3-5-9(6-4-8)19(13,17)18/h3-6H,1-2H3. The second kappa shape index (κ2) is 4.81. The number of rotatable bonds is 2. The summed E-state index contributed by atoms with van der Waals surface area (Å²) in [6.07, 6.45) is 0. The predicted molar refractivity (Wildman–Crippen MR) is 76.5 cm³/mol. The third-order valence-corrected chi connectivity index (χ3v) is 5.13. The first-order valence-corrected chi connectivity index (χ1v) is 8.33. The minimum atomic E-state index is -3.76. The second-order valence-electron chi connectivity index (χ2n) is 3.97. The molecule has 1 aromatic heterocycles. The van der Waals surface area contributed by atoms with E-state index in [4.69, 9.17) is 10.7 Å². The van der Waals surface area contributed by atoms with E-state index < -0.39 is 9.05 Å². The fourth-order valence-electron chi connectivity index (χ4n) is 1.72. The van der Waals surface area contributed by atoms with Crippen LogP contribution in [-0.4, -0.2) is 17.8 Å². The van der Waals surface area contributed by atoms with Gasteiger partial charge >= 0.3 is 0 Å². The normalized spacial score (nSPS) is 11.8. The van der Waals surface area contributed by atoms with Crippen LogP contribution in [0.15, 0.2) is 38.4 Å². The highest BCUT2D eigenvalue weighted by molar-refractivity contribution is 9.10. The lowest BCUT2D eigenvalue weighted by Crippen LogP contribution is -2.19. The molecule has 0 saturated carbocycles. The van der Waals surface area contributed by atoms with Gasteiger partial charge in [0.25, 0.3) is 14.6 Å². The van der Waals surface area contributed by atoms with Gasteiger partial charge in [-0.05, 0) is 47.1 Å². The molecule has 0 radical (unpaired) electrons. The minimum absolute atomic E-state index is 0.00374. The molecular weight excluding hydrogens is 356 g/mol. The van der Waals surface area contributed by atoms with E-state index in [2.05, 4.69) is 15.9 Å². The Bertz CT molecular complexity index is 791. The topological polar surface area (TPSA) is 61.1 Å². The molecule has 0 amide bonds. The van der Waals surface area contributed by atoms with Crippen molar-refractivity contribution in [2.75, 3.05) is 0 Å². The van der Waals surface area contributed by atoms with Crippen LogP contribution in [0.1, 0.15) is 5.69 Å². The van der Waals surface area contributed by atoms with Gasteiger partial charge in [0.15, 0.2) is 0 Å². The van der Waals surface area contributed by atoms with Gasteiger partial charge in [0.2, 0.25) is 0 Å². The summed E-state index contributed by atoms with van der Waals surface area (Å²) in [6.45, 7) is 1.81. The van der Waals surface area contributed by atoms with Crippen LogP contribution in [0, 0.1) is 6.92 Å². The van der Waals surface area contributed by atoms with Gasteiger partial charge in [-0.15, -0.1) is 0 Å². The lowest BCUT2D eigenvalue weighted by atomic mass is 10.3. The summed E-state index contributed by atoms with van der Waals surface area (Å²) in [5, 5.41) is 0. The van der Waals surface area contributed by atoms with Crippen molar-refractivity contribution in [1.29, 1.82) is 0 Å². The molecular formula is C11H10BrClN2O3S. The van der Waals surface area contributed by atoms with Crippen LogP contribution < -0.4 is 5.56 Å². The summed E-state index contributed by atoms with van der Waals surface area (Å²) in [5.74, 6) is 0. The second-order valence-corrected chi connectivity index (χ2v) is 7.33. The number of aromatic nitrogens is 2. The molecule has 0 aliphatic carbocycles. The molecule has 0 spiro atoms. The molecule has 0 unspecified atom stereocenters. The molecule has 0 N–H and O–H groups in total. The van der Waals surface area contributed by atoms with Crippen molar-refractivity contribution in [3.63, 3.8) is 0 Å². The molecule has 2 rings (SSSR count). The van der Waals surface area contributed by atoms with Crippen LogP contribution in [0.4, 0.5) is 0 Å². The molecule has 0 fully saturated rings. The van der Waals surface area contributed by atoms with Gasteiger partial charge in [-0.3, -0.25) is 9.48 Å². The maximum atomic E-state index is 12.0. The van der Waals surface area contributed by atoms with Crippen LogP contribution >= 0.6 is 26.6 Å². The zero-order chi connectivity index (χ0) is 14.4. The Morgan fingerprint density at radius 3 is 2.11 bits per heavy atom. The van der Waals surface area contributed by atoms with E-state index in [9.17, 15) is 13.2 Å². The SMILES string of the molecule is Cc1c(Br)c(=O)n(-c2ccc(S(=O)(=O)Cl)cc2)n1C. The van der Waals surface area contributed by atoms with Crippen molar-refractivity contribution < 1.29 is 8.42 Å². The molecule has 1 aromatic carbocycles. The number of nitrogens with zero attached hydrogens (tertiary/aromatic N) is 2. The third-order valence-electron chi connectivity index (χ3n) is 2.85. The molecule has 5 nitrogen and oxygen atoms in total. The summed E-state index contributed by atoms with van der Waals surface area (Å²) < 4.78 is 25.9. The molecule has 8 heteroatoms. The molecule has 2 aromatic rings. The molecule has 0 aliphatic heterocycles. The summed E-state index contributed by atoms with van der Waals surface area (Å²) in [7, 11) is 3.23. The molecule has 19 heavy (non-hydrogen) atoms. The van der Waals surface area contributed by atoms with Gasteiger partial charge in [0, 0.05) is 17.7 Å². The Kier molecular flexibility index (Phi) is 3.63. The molecule has 0 aliphatic rings. The Morgan fingerprint density at radius 1 is 1.21 bits per heavy atom. The molecule has 0 bridgehead atoms. The number of halogens is 2. The van der Waals surface area contributed by atoms with Crippen molar-refractivity contribution in [1.82, 2.24) is 9.36 Å². The Balaban J connectivity index is 2.62. The van der Waals surface area contributed by atoms with Crippen LogP contribution in [-0.2, 0) is 16.1 Å². The van der Waals surface area contributed by atoms with E-state index >= 15 is 0 Å². The highest BCUT2D eigenvalue weighted by atomic mass is 79.9. The Morgan fingerprint density at radius 2 is 1.74 bits per heavy atom. The number of hydrogen-bond acceptors (Lipinski definition) is 3. The molecule has 102 valence electrons. The first kappa shape index (κ1) is 14.4. The highest BCUT2D eigenvalue weighted by Gasteiger charge is 2.15. The summed E-state index contributed by atoms with van der Waals surface area (Å²) in [4.78, 5) is 12.0. The summed E-state index contributed by atoms with van der Waals surface area (Å²) in [6, 6.07) is 5.78. The number of hydrogen-bond donors (Lipinski definition) is 0. The monoisotopic (exact) mass is 364 g/mol. The van der Waals surface area contributed by atoms with Crippen molar-refractivity contribution >= 4 is 35.7 Å². The minimum Gasteiger partial charge on any atom is -0.284 e. The Labute approximate surface area is 122 Å². The van der Waals surface area contributed by atoms with E-state index in [1.54, 1.807) is 18.7 Å². The van der Waals surface area contributed by atoms with Gasteiger partial charge in [0.1, 0.15) is 4.47 Å². The van der Waals surface area contributed by atoms with Crippen LogP contribution in [0.3, 0.4) is 0 Å². The fourth-order valence-corrected chi connectivity index (χ4v) is 2.91. The first-order valence-electron chi connectivity index (χ1n) is 5.22. The van der Waals surface area contributed by atoms with Gasteiger partial charge in [-0.2, -0.15) is 0 Å². The smallest absolute Gasteiger partial charge is 0.284 e. The van der Waals surface area contributed by atoms with Crippen LogP contribution in [0.25, 0.3) is 5.69 Å². The van der Waals surface area contributed by atoms with Gasteiger partial charge in [-0.1, -0.05) is 0 Å². The summed E-state index contributed by atoms with van der Waals surface area (Å²) >= 11 is 3.22. The van der Waals surface area contributed by atoms with Gasteiger partial charge in [-0.25, -0.2) is 13.1 Å². The quantitative estimate of drug-likeness (QED) is 0.766. The maximum Gasteiger partial charge on any atom is 0.285 e. The number of benzene rings is 1. The summed E-state index contributed by atoms with van der Waals surface area (Å²) in [5.41, 5.74) is 1.13. The average molecular weight is 366 g/mol. The Hall–Kier alpha value is -1.05. The average Bonchev–Trinajstić information content (AvgIpc) is 2.53. The highest BCUT2D eigenvalue weighted by Crippen LogP contribution is 2.18. The van der Waals surface area contributed by atoms with Crippen LogP contribution in [0.5, 0.6) is 0 Å². The van der Waals surface area contributed by atoms with Gasteiger partial charge < -0.3 is 0 Å². The van der Waals surface area contributed by atoms with Crippen molar-refractivity contribution in [2.45, 2.75) is 11.8 Å². The predicted octanol–water partition coefficient (Wildman–Crippen LogP) is 2.17. The van der Waals surface area contributed by atoms with Crippen molar-refractivity contribution in [3.8, 4) is 5.69 Å². The fraction of sp³-hybridized carbons (Fsp3) is 0.182. The zero-order valence-electron chi connectivity index (χ0n) is 10.1. The van der Waals surface area contributed by atoms with Crippen LogP contribution in [0.2, 0.25) is 0 Å². The van der Waals surface area contributed by atoms with E-state index in [-0.39, 0.29) is 10.5 Å². The maximum absolute atomic E-state index is 12.0. The van der Waals surface area contributed by atoms with E-state index in [0.717, 1.165) is 5.69 Å². The van der Waals surface area contributed by atoms with E-state index in [1.165, 1.54) is 28.9 Å². The van der Waals surface area contributed by atoms with E-state index in [1.807, 2.05) is 0 Å². The lowest BCUT2D eigenvalue weighted by molar-refractivity contribution is 0.609. The third kappa shape index (κ3) is 2.50. The molecule has 0 atom stereocenters.